The van der Waals surface area contributed by atoms with Crippen molar-refractivity contribution in [1.82, 2.24) is 10.2 Å². The van der Waals surface area contributed by atoms with Crippen molar-refractivity contribution in [2.75, 3.05) is 0 Å². The lowest BCUT2D eigenvalue weighted by Gasteiger charge is -2.36. The number of hydrogen-bond acceptors (Lipinski definition) is 6. The van der Waals surface area contributed by atoms with Crippen molar-refractivity contribution in [1.29, 1.82) is 0 Å². The van der Waals surface area contributed by atoms with E-state index < -0.39 is 82.3 Å². The number of halogens is 3. The van der Waals surface area contributed by atoms with Crippen LogP contribution in [0.15, 0.2) is 41.6 Å². The second-order valence-electron chi connectivity index (χ2n) is 8.52. The molecule has 0 radical (unpaired) electrons. The van der Waals surface area contributed by atoms with Crippen LogP contribution in [0.1, 0.15) is 33.3 Å². The molecule has 12 heteroatoms. The van der Waals surface area contributed by atoms with Gasteiger partial charge in [0.05, 0.1) is 6.04 Å². The number of carbonyl (C=O) groups excluding carboxylic acids is 3. The Morgan fingerprint density at radius 1 is 1.26 bits per heavy atom. The summed E-state index contributed by atoms with van der Waals surface area (Å²) in [4.78, 5) is 55.0. The number of aliphatic imine (C=N–C) groups is 1. The van der Waals surface area contributed by atoms with Gasteiger partial charge in [0.25, 0.3) is 5.91 Å². The quantitative estimate of drug-likeness (QED) is 0.443. The predicted octanol–water partition coefficient (Wildman–Crippen LogP) is 2.89. The van der Waals surface area contributed by atoms with Crippen LogP contribution in [-0.4, -0.2) is 57.2 Å². The number of ketones is 1. The zero-order valence-electron chi connectivity index (χ0n) is 19.4. The standard InChI is InChI=1S/C23H24F3N3O6/c1-6-11(2)29(22(34)35-23(3,4)5)18-17(21(32)33)27-10-14(19(18)30)20(31)28-9-13-15(25)7-12(24)8-16(13)26/h6-8,10-11,18H,1,9H2,2-5H3,(H,28,31)(H,32,33). The van der Waals surface area contributed by atoms with Crippen molar-refractivity contribution in [2.45, 2.75) is 51.9 Å². The van der Waals surface area contributed by atoms with Crippen LogP contribution in [0.4, 0.5) is 18.0 Å². The summed E-state index contributed by atoms with van der Waals surface area (Å²) in [6, 6.07) is -1.94. The number of benzene rings is 1. The number of carbonyl (C=O) groups is 4. The van der Waals surface area contributed by atoms with Crippen LogP contribution in [0.25, 0.3) is 0 Å². The maximum Gasteiger partial charge on any atom is 0.411 e. The summed E-state index contributed by atoms with van der Waals surface area (Å²) in [7, 11) is 0. The second kappa shape index (κ2) is 10.5. The third-order valence-electron chi connectivity index (χ3n) is 4.76. The van der Waals surface area contributed by atoms with E-state index in [1.54, 1.807) is 20.8 Å². The van der Waals surface area contributed by atoms with Crippen molar-refractivity contribution in [3.8, 4) is 0 Å². The van der Waals surface area contributed by atoms with E-state index in [0.717, 1.165) is 4.90 Å². The fourth-order valence-corrected chi connectivity index (χ4v) is 3.08. The first-order chi connectivity index (χ1) is 16.2. The first-order valence-electron chi connectivity index (χ1n) is 10.3. The average Bonchev–Trinajstić information content (AvgIpc) is 2.72. The van der Waals surface area contributed by atoms with Crippen molar-refractivity contribution in [3.05, 3.63) is 59.6 Å². The molecule has 2 amide bonds. The largest absolute Gasteiger partial charge is 0.477 e. The van der Waals surface area contributed by atoms with Gasteiger partial charge >= 0.3 is 12.1 Å². The highest BCUT2D eigenvalue weighted by molar-refractivity contribution is 6.46. The van der Waals surface area contributed by atoms with Crippen LogP contribution < -0.4 is 5.32 Å². The molecule has 1 aromatic rings. The number of carboxylic acids is 1. The highest BCUT2D eigenvalue weighted by Crippen LogP contribution is 2.22. The van der Waals surface area contributed by atoms with E-state index >= 15 is 0 Å². The maximum absolute atomic E-state index is 13.9. The van der Waals surface area contributed by atoms with E-state index in [1.807, 2.05) is 0 Å². The molecule has 9 nitrogen and oxygen atoms in total. The van der Waals surface area contributed by atoms with Crippen LogP contribution in [0, 0.1) is 17.5 Å². The molecule has 2 unspecified atom stereocenters. The Bertz CT molecular complexity index is 1120. The van der Waals surface area contributed by atoms with Gasteiger partial charge in [0.15, 0.2) is 11.5 Å². The van der Waals surface area contributed by atoms with Gasteiger partial charge in [-0.2, -0.15) is 0 Å². The Balaban J connectivity index is 2.41. The molecule has 1 heterocycles. The van der Waals surface area contributed by atoms with Crippen LogP contribution in [0.3, 0.4) is 0 Å². The molecule has 1 aliphatic heterocycles. The summed E-state index contributed by atoms with van der Waals surface area (Å²) < 4.78 is 46.1. The fourth-order valence-electron chi connectivity index (χ4n) is 3.08. The van der Waals surface area contributed by atoms with E-state index in [4.69, 9.17) is 4.74 Å². The van der Waals surface area contributed by atoms with Crippen molar-refractivity contribution >= 4 is 29.5 Å². The van der Waals surface area contributed by atoms with Crippen molar-refractivity contribution in [3.63, 3.8) is 0 Å². The Hall–Kier alpha value is -3.96. The topological polar surface area (TPSA) is 125 Å². The summed E-state index contributed by atoms with van der Waals surface area (Å²) in [5, 5.41) is 11.7. The van der Waals surface area contributed by atoms with Gasteiger partial charge in [-0.05, 0) is 27.7 Å². The summed E-state index contributed by atoms with van der Waals surface area (Å²) in [6.07, 6.45) is 0.879. The molecule has 0 bridgehead atoms. The number of nitrogens with zero attached hydrogens (tertiary/aromatic N) is 2. The molecule has 188 valence electrons. The summed E-state index contributed by atoms with van der Waals surface area (Å²) in [6.45, 7) is 8.92. The van der Waals surface area contributed by atoms with Gasteiger partial charge in [0.2, 0.25) is 0 Å². The third-order valence-corrected chi connectivity index (χ3v) is 4.76. The van der Waals surface area contributed by atoms with E-state index in [2.05, 4.69) is 16.9 Å². The number of ether oxygens (including phenoxy) is 1. The lowest BCUT2D eigenvalue weighted by molar-refractivity contribution is -0.131. The molecule has 1 aromatic carbocycles. The summed E-state index contributed by atoms with van der Waals surface area (Å²) >= 11 is 0. The second-order valence-corrected chi connectivity index (χ2v) is 8.52. The van der Waals surface area contributed by atoms with Crippen molar-refractivity contribution < 1.29 is 42.2 Å². The first kappa shape index (κ1) is 27.3. The molecule has 0 saturated carbocycles. The molecule has 2 atom stereocenters. The Morgan fingerprint density at radius 3 is 2.31 bits per heavy atom. The van der Waals surface area contributed by atoms with Crippen LogP contribution >= 0.6 is 0 Å². The van der Waals surface area contributed by atoms with Crippen molar-refractivity contribution in [2.24, 2.45) is 4.99 Å². The molecule has 2 N–H and O–H groups in total. The SMILES string of the molecule is C=CC(C)N(C(=O)OC(C)(C)C)C1C(=O)C(C(=O)NCc2c(F)cc(F)cc2F)=CN=C1C(=O)O. The fraction of sp³-hybridized carbons (Fsp3) is 0.348. The minimum Gasteiger partial charge on any atom is -0.477 e. The van der Waals surface area contributed by atoms with Gasteiger partial charge in [-0.3, -0.25) is 19.5 Å². The van der Waals surface area contributed by atoms with Gasteiger partial charge in [-0.15, -0.1) is 6.58 Å². The van der Waals surface area contributed by atoms with Crippen LogP contribution in [0.5, 0.6) is 0 Å². The monoisotopic (exact) mass is 495 g/mol. The number of aliphatic carboxylic acids is 1. The predicted molar refractivity (Wildman–Crippen MR) is 118 cm³/mol. The van der Waals surface area contributed by atoms with E-state index in [1.165, 1.54) is 13.0 Å². The van der Waals surface area contributed by atoms with Gasteiger partial charge < -0.3 is 15.2 Å². The van der Waals surface area contributed by atoms with E-state index in [0.29, 0.717) is 18.3 Å². The highest BCUT2D eigenvalue weighted by Gasteiger charge is 2.45. The van der Waals surface area contributed by atoms with Gasteiger partial charge in [-0.1, -0.05) is 6.08 Å². The zero-order chi connectivity index (χ0) is 26.7. The molecule has 1 aliphatic rings. The van der Waals surface area contributed by atoms with Crippen LogP contribution in [0.2, 0.25) is 0 Å². The normalized spacial score (nSPS) is 16.5. The molecule has 0 aliphatic carbocycles. The Kier molecular flexibility index (Phi) is 8.21. The number of rotatable bonds is 7. The number of amides is 2. The molecule has 0 saturated heterocycles. The Morgan fingerprint density at radius 2 is 1.83 bits per heavy atom. The van der Waals surface area contributed by atoms with Gasteiger partial charge in [0, 0.05) is 30.4 Å². The molecule has 0 fully saturated rings. The summed E-state index contributed by atoms with van der Waals surface area (Å²) in [5.74, 6) is -7.56. The zero-order valence-corrected chi connectivity index (χ0v) is 19.4. The average molecular weight is 495 g/mol. The maximum atomic E-state index is 13.9. The molecule has 0 spiro atoms. The van der Waals surface area contributed by atoms with Gasteiger partial charge in [0.1, 0.15) is 34.7 Å². The molecule has 0 aromatic heterocycles. The Labute approximate surface area is 199 Å². The number of nitrogens with one attached hydrogen (secondary N) is 1. The highest BCUT2D eigenvalue weighted by atomic mass is 19.1. The van der Waals surface area contributed by atoms with Gasteiger partial charge in [-0.25, -0.2) is 22.8 Å². The van der Waals surface area contributed by atoms with Crippen LogP contribution in [-0.2, 0) is 25.7 Å². The number of hydrogen-bond donors (Lipinski definition) is 2. The number of Topliss-reactive ketones (excluding diaryl/α,β-unsaturated/α-hetero) is 1. The lowest BCUT2D eigenvalue weighted by atomic mass is 9.94. The minimum absolute atomic E-state index is 0.421. The van der Waals surface area contributed by atoms with E-state index in [-0.39, 0.29) is 0 Å². The third kappa shape index (κ3) is 6.34. The van der Waals surface area contributed by atoms with E-state index in [9.17, 15) is 37.5 Å². The molecular formula is C23H24F3N3O6. The molecule has 35 heavy (non-hydrogen) atoms. The molecular weight excluding hydrogens is 471 g/mol. The molecule has 2 rings (SSSR count). The summed E-state index contributed by atoms with van der Waals surface area (Å²) in [5.41, 5.74) is -3.09. The minimum atomic E-state index is -1.86. The number of carboxylic acid groups (broad SMARTS) is 1. The smallest absolute Gasteiger partial charge is 0.411 e. The first-order valence-corrected chi connectivity index (χ1v) is 10.3. The lowest BCUT2D eigenvalue weighted by Crippen LogP contribution is -2.58.